The van der Waals surface area contributed by atoms with Crippen molar-refractivity contribution in [3.05, 3.63) is 38.3 Å². The van der Waals surface area contributed by atoms with Gasteiger partial charge in [0.05, 0.1) is 11.0 Å². The number of carbonyl (C=O) groups excluding carboxylic acids is 1. The predicted molar refractivity (Wildman–Crippen MR) is 69.4 cm³/mol. The Balaban J connectivity index is 2.76. The maximum atomic E-state index is 11.7. The van der Waals surface area contributed by atoms with E-state index in [1.54, 1.807) is 6.92 Å². The van der Waals surface area contributed by atoms with Crippen LogP contribution in [-0.4, -0.2) is 28.6 Å². The molecule has 1 unspecified atom stereocenters. The zero-order chi connectivity index (χ0) is 13.7. The van der Waals surface area contributed by atoms with E-state index in [-0.39, 0.29) is 11.3 Å². The van der Waals surface area contributed by atoms with Crippen molar-refractivity contribution in [2.45, 2.75) is 19.4 Å². The highest BCUT2D eigenvalue weighted by atomic mass is 79.9. The van der Waals surface area contributed by atoms with E-state index in [4.69, 9.17) is 5.11 Å². The van der Waals surface area contributed by atoms with Gasteiger partial charge in [-0.1, -0.05) is 15.9 Å². The maximum absolute atomic E-state index is 11.7. The quantitative estimate of drug-likeness (QED) is 0.640. The smallest absolute Gasteiger partial charge is 0.271 e. The second-order valence-electron chi connectivity index (χ2n) is 3.85. The zero-order valence-corrected chi connectivity index (χ0v) is 11.3. The van der Waals surface area contributed by atoms with Crippen LogP contribution in [0.15, 0.2) is 22.7 Å². The summed E-state index contributed by atoms with van der Waals surface area (Å²) in [5, 5.41) is 22.3. The monoisotopic (exact) mass is 316 g/mol. The largest absolute Gasteiger partial charge is 0.393 e. The number of nitro groups is 1. The number of hydrogen-bond acceptors (Lipinski definition) is 4. The minimum Gasteiger partial charge on any atom is -0.393 e. The molecule has 0 heterocycles. The number of amides is 1. The molecule has 1 aromatic rings. The molecule has 6 nitrogen and oxygen atoms in total. The number of non-ortho nitro benzene ring substituents is 1. The molecule has 1 rings (SSSR count). The third-order valence-corrected chi connectivity index (χ3v) is 2.66. The Morgan fingerprint density at radius 1 is 1.56 bits per heavy atom. The molecule has 0 aliphatic carbocycles. The van der Waals surface area contributed by atoms with Gasteiger partial charge in [0.1, 0.15) is 0 Å². The van der Waals surface area contributed by atoms with Crippen LogP contribution in [0.5, 0.6) is 0 Å². The first-order valence-corrected chi connectivity index (χ1v) is 6.10. The number of nitro benzene ring substituents is 1. The molecule has 0 saturated carbocycles. The minimum absolute atomic E-state index is 0.148. The summed E-state index contributed by atoms with van der Waals surface area (Å²) < 4.78 is 0.470. The van der Waals surface area contributed by atoms with Crippen LogP contribution in [0.2, 0.25) is 0 Å². The van der Waals surface area contributed by atoms with Gasteiger partial charge in [0, 0.05) is 28.7 Å². The van der Waals surface area contributed by atoms with E-state index in [0.717, 1.165) is 0 Å². The summed E-state index contributed by atoms with van der Waals surface area (Å²) in [7, 11) is 0. The Morgan fingerprint density at radius 2 is 2.22 bits per heavy atom. The summed E-state index contributed by atoms with van der Waals surface area (Å²) in [4.78, 5) is 21.8. The SMILES string of the molecule is CC(O)CCNC(=O)c1cc(Br)cc([N+](=O)[O-])c1. The number of aliphatic hydroxyl groups excluding tert-OH is 1. The van der Waals surface area contributed by atoms with Gasteiger partial charge >= 0.3 is 0 Å². The molecule has 1 amide bonds. The molecule has 2 N–H and O–H groups in total. The number of rotatable bonds is 5. The number of aliphatic hydroxyl groups is 1. The lowest BCUT2D eigenvalue weighted by atomic mass is 10.2. The highest BCUT2D eigenvalue weighted by molar-refractivity contribution is 9.10. The number of benzene rings is 1. The summed E-state index contributed by atoms with van der Waals surface area (Å²) in [6.07, 6.45) is -0.0656. The molecule has 0 aliphatic heterocycles. The molecular formula is C11H13BrN2O4. The van der Waals surface area contributed by atoms with Crippen molar-refractivity contribution >= 4 is 27.5 Å². The Hall–Kier alpha value is -1.47. The van der Waals surface area contributed by atoms with E-state index < -0.39 is 16.9 Å². The minimum atomic E-state index is -0.558. The van der Waals surface area contributed by atoms with Crippen LogP contribution in [0, 0.1) is 10.1 Å². The molecule has 7 heteroatoms. The summed E-state index contributed by atoms with van der Waals surface area (Å²) in [6, 6.07) is 4.04. The summed E-state index contributed by atoms with van der Waals surface area (Å²) >= 11 is 3.12. The lowest BCUT2D eigenvalue weighted by Crippen LogP contribution is -2.26. The second kappa shape index (κ2) is 6.46. The van der Waals surface area contributed by atoms with Gasteiger partial charge in [-0.15, -0.1) is 0 Å². The van der Waals surface area contributed by atoms with Crippen molar-refractivity contribution in [2.24, 2.45) is 0 Å². The molecular weight excluding hydrogens is 304 g/mol. The Kier molecular flexibility index (Phi) is 5.24. The third kappa shape index (κ3) is 4.42. The first-order valence-electron chi connectivity index (χ1n) is 5.31. The highest BCUT2D eigenvalue weighted by Crippen LogP contribution is 2.21. The average molecular weight is 317 g/mol. The lowest BCUT2D eigenvalue weighted by molar-refractivity contribution is -0.385. The molecule has 0 saturated heterocycles. The van der Waals surface area contributed by atoms with Gasteiger partial charge in [-0.25, -0.2) is 0 Å². The van der Waals surface area contributed by atoms with Crippen LogP contribution in [0.1, 0.15) is 23.7 Å². The van der Waals surface area contributed by atoms with Gasteiger partial charge in [-0.2, -0.15) is 0 Å². The lowest BCUT2D eigenvalue weighted by Gasteiger charge is -2.07. The number of nitrogens with one attached hydrogen (secondary N) is 1. The third-order valence-electron chi connectivity index (χ3n) is 2.20. The standard InChI is InChI=1S/C11H13BrN2O4/c1-7(15)2-3-13-11(16)8-4-9(12)6-10(5-8)14(17)18/h4-7,15H,2-3H2,1H3,(H,13,16). The highest BCUT2D eigenvalue weighted by Gasteiger charge is 2.13. The Bertz CT molecular complexity index is 462. The molecule has 0 fully saturated rings. The summed E-state index contributed by atoms with van der Waals surface area (Å²) in [5.74, 6) is -0.403. The van der Waals surface area contributed by atoms with Crippen LogP contribution >= 0.6 is 15.9 Å². The van der Waals surface area contributed by atoms with Gasteiger partial charge in [-0.3, -0.25) is 14.9 Å². The van der Waals surface area contributed by atoms with Crippen molar-refractivity contribution in [3.63, 3.8) is 0 Å². The topological polar surface area (TPSA) is 92.5 Å². The van der Waals surface area contributed by atoms with E-state index in [9.17, 15) is 14.9 Å². The van der Waals surface area contributed by atoms with Crippen molar-refractivity contribution in [3.8, 4) is 0 Å². The molecule has 0 bridgehead atoms. The van der Waals surface area contributed by atoms with E-state index in [2.05, 4.69) is 21.2 Å². The van der Waals surface area contributed by atoms with Crippen molar-refractivity contribution in [2.75, 3.05) is 6.54 Å². The van der Waals surface area contributed by atoms with E-state index in [1.807, 2.05) is 0 Å². The molecule has 0 radical (unpaired) electrons. The van der Waals surface area contributed by atoms with Gasteiger partial charge in [0.2, 0.25) is 0 Å². The van der Waals surface area contributed by atoms with E-state index in [1.165, 1.54) is 18.2 Å². The molecule has 0 aromatic heterocycles. The Morgan fingerprint density at radius 3 is 2.78 bits per heavy atom. The molecule has 18 heavy (non-hydrogen) atoms. The van der Waals surface area contributed by atoms with Crippen LogP contribution in [0.25, 0.3) is 0 Å². The van der Waals surface area contributed by atoms with Crippen molar-refractivity contribution < 1.29 is 14.8 Å². The fourth-order valence-corrected chi connectivity index (χ4v) is 1.79. The zero-order valence-electron chi connectivity index (χ0n) is 9.72. The van der Waals surface area contributed by atoms with Gasteiger partial charge in [-0.05, 0) is 19.4 Å². The van der Waals surface area contributed by atoms with Crippen LogP contribution in [0.4, 0.5) is 5.69 Å². The summed E-state index contributed by atoms with van der Waals surface area (Å²) in [5.41, 5.74) is 0.0618. The number of hydrogen-bond donors (Lipinski definition) is 2. The predicted octanol–water partition coefficient (Wildman–Crippen LogP) is 1.86. The molecule has 98 valence electrons. The normalized spacial score (nSPS) is 11.9. The van der Waals surface area contributed by atoms with Crippen LogP contribution in [-0.2, 0) is 0 Å². The molecule has 1 aromatic carbocycles. The Labute approximate surface area is 112 Å². The molecule has 0 spiro atoms. The number of halogens is 1. The molecule has 0 aliphatic rings. The second-order valence-corrected chi connectivity index (χ2v) is 4.76. The van der Waals surface area contributed by atoms with Crippen LogP contribution < -0.4 is 5.32 Å². The maximum Gasteiger partial charge on any atom is 0.271 e. The number of nitrogens with zero attached hydrogens (tertiary/aromatic N) is 1. The van der Waals surface area contributed by atoms with Crippen molar-refractivity contribution in [1.29, 1.82) is 0 Å². The average Bonchev–Trinajstić information content (AvgIpc) is 2.27. The number of carbonyl (C=O) groups is 1. The molecule has 1 atom stereocenters. The van der Waals surface area contributed by atoms with Gasteiger partial charge in [0.15, 0.2) is 0 Å². The fraction of sp³-hybridized carbons (Fsp3) is 0.364. The van der Waals surface area contributed by atoms with E-state index in [0.29, 0.717) is 17.4 Å². The first kappa shape index (κ1) is 14.6. The van der Waals surface area contributed by atoms with Gasteiger partial charge < -0.3 is 10.4 Å². The first-order chi connectivity index (χ1) is 8.40. The van der Waals surface area contributed by atoms with E-state index >= 15 is 0 Å². The van der Waals surface area contributed by atoms with Crippen LogP contribution in [0.3, 0.4) is 0 Å². The van der Waals surface area contributed by atoms with Gasteiger partial charge in [0.25, 0.3) is 11.6 Å². The fourth-order valence-electron chi connectivity index (χ4n) is 1.31. The van der Waals surface area contributed by atoms with Crippen molar-refractivity contribution in [1.82, 2.24) is 5.32 Å². The summed E-state index contributed by atoms with van der Waals surface area (Å²) in [6.45, 7) is 1.94.